The third-order valence-electron chi connectivity index (χ3n) is 2.94. The van der Waals surface area contributed by atoms with Crippen molar-refractivity contribution in [1.82, 2.24) is 0 Å². The van der Waals surface area contributed by atoms with Gasteiger partial charge in [-0.2, -0.15) is 8.42 Å². The molecule has 2 aromatic carbocycles. The van der Waals surface area contributed by atoms with Gasteiger partial charge in [-0.1, -0.05) is 0 Å². The summed E-state index contributed by atoms with van der Waals surface area (Å²) in [5, 5.41) is 0. The maximum atomic E-state index is 13.8. The SMILES string of the molecule is O=S(=O)(O)c1c(F)c(F)c(-c2c(F)c(F)c(F)c(F)c2F)c(F)c1F.[InH3]. The van der Waals surface area contributed by atoms with Gasteiger partial charge in [0.25, 0.3) is 0 Å². The van der Waals surface area contributed by atoms with E-state index in [9.17, 15) is 47.9 Å². The van der Waals surface area contributed by atoms with Gasteiger partial charge in [0, 0.05) is 0 Å². The van der Waals surface area contributed by atoms with Crippen molar-refractivity contribution in [1.29, 1.82) is 0 Å². The molecule has 0 saturated carbocycles. The van der Waals surface area contributed by atoms with Crippen LogP contribution in [0.4, 0.5) is 39.5 Å². The van der Waals surface area contributed by atoms with E-state index in [0.717, 1.165) is 0 Å². The molecule has 142 valence electrons. The van der Waals surface area contributed by atoms with Crippen molar-refractivity contribution in [3.8, 4) is 11.1 Å². The summed E-state index contributed by atoms with van der Waals surface area (Å²) in [5.41, 5.74) is -4.76. The van der Waals surface area contributed by atoms with Crippen LogP contribution in [0.15, 0.2) is 4.90 Å². The molecule has 0 radical (unpaired) electrons. The molecule has 0 aliphatic rings. The van der Waals surface area contributed by atoms with Crippen LogP contribution < -0.4 is 0 Å². The summed E-state index contributed by atoms with van der Waals surface area (Å²) in [6.07, 6.45) is 0. The molecule has 2 aromatic rings. The quantitative estimate of drug-likeness (QED) is 0.291. The summed E-state index contributed by atoms with van der Waals surface area (Å²) >= 11 is 0. The Morgan fingerprint density at radius 2 is 0.731 bits per heavy atom. The van der Waals surface area contributed by atoms with Gasteiger partial charge < -0.3 is 0 Å². The summed E-state index contributed by atoms with van der Waals surface area (Å²) in [5.74, 6) is -25.0. The fourth-order valence-corrected chi connectivity index (χ4v) is 2.51. The molecule has 0 aliphatic carbocycles. The number of hydrogen-bond acceptors (Lipinski definition) is 2. The fraction of sp³-hybridized carbons (Fsp3) is 0. The van der Waals surface area contributed by atoms with Crippen LogP contribution in [0.1, 0.15) is 0 Å². The molecular formula is C12H4F9InO3S. The van der Waals surface area contributed by atoms with Gasteiger partial charge in [-0.25, -0.2) is 39.5 Å². The van der Waals surface area contributed by atoms with E-state index in [4.69, 9.17) is 4.55 Å². The molecule has 0 aromatic heterocycles. The molecule has 0 fully saturated rings. The molecule has 0 saturated heterocycles. The molecule has 3 nitrogen and oxygen atoms in total. The first kappa shape index (κ1) is 22.6. The van der Waals surface area contributed by atoms with Gasteiger partial charge in [-0.15, -0.1) is 0 Å². The van der Waals surface area contributed by atoms with E-state index in [2.05, 4.69) is 0 Å². The first-order chi connectivity index (χ1) is 11.3. The summed E-state index contributed by atoms with van der Waals surface area (Å²) < 4.78 is 151. The van der Waals surface area contributed by atoms with Crippen molar-refractivity contribution in [3.05, 3.63) is 52.4 Å². The molecule has 26 heavy (non-hydrogen) atoms. The zero-order chi connectivity index (χ0) is 19.4. The third-order valence-corrected chi connectivity index (χ3v) is 3.82. The van der Waals surface area contributed by atoms with Crippen LogP contribution in [0.3, 0.4) is 0 Å². The van der Waals surface area contributed by atoms with E-state index in [-0.39, 0.29) is 25.8 Å². The second-order valence-electron chi connectivity index (χ2n) is 4.38. The molecule has 0 spiro atoms. The topological polar surface area (TPSA) is 54.4 Å². The van der Waals surface area contributed by atoms with Gasteiger partial charge in [-0.05, 0) is 0 Å². The predicted molar refractivity (Wildman–Crippen MR) is 71.3 cm³/mol. The van der Waals surface area contributed by atoms with Gasteiger partial charge in [-0.3, -0.25) is 4.55 Å². The Hall–Kier alpha value is -1.41. The number of hydrogen-bond donors (Lipinski definition) is 1. The van der Waals surface area contributed by atoms with Crippen molar-refractivity contribution in [2.75, 3.05) is 0 Å². The molecule has 0 unspecified atom stereocenters. The molecule has 0 aliphatic heterocycles. The Balaban J connectivity index is 0.00000338. The monoisotopic (exact) mass is 514 g/mol. The molecule has 0 amide bonds. The average Bonchev–Trinajstić information content (AvgIpc) is 2.51. The van der Waals surface area contributed by atoms with Crippen molar-refractivity contribution < 1.29 is 52.5 Å². The van der Waals surface area contributed by atoms with Crippen molar-refractivity contribution in [3.63, 3.8) is 0 Å². The minimum absolute atomic E-state index is 0. The Kier molecular flexibility index (Phi) is 6.36. The van der Waals surface area contributed by atoms with Gasteiger partial charge in [0.15, 0.2) is 51.4 Å². The Morgan fingerprint density at radius 3 is 1.00 bits per heavy atom. The molecular weight excluding hydrogens is 510 g/mol. The van der Waals surface area contributed by atoms with E-state index in [1.807, 2.05) is 0 Å². The van der Waals surface area contributed by atoms with E-state index in [0.29, 0.717) is 0 Å². The average molecular weight is 514 g/mol. The van der Waals surface area contributed by atoms with Crippen LogP contribution in [-0.2, 0) is 10.1 Å². The molecule has 0 heterocycles. The Labute approximate surface area is 157 Å². The first-order valence-electron chi connectivity index (χ1n) is 5.67. The molecule has 2 rings (SSSR count). The van der Waals surface area contributed by atoms with Crippen LogP contribution in [0.5, 0.6) is 0 Å². The molecule has 1 N–H and O–H groups in total. The summed E-state index contributed by atoms with van der Waals surface area (Å²) in [6.45, 7) is 0. The zero-order valence-corrected chi connectivity index (χ0v) is 11.9. The van der Waals surface area contributed by atoms with Crippen LogP contribution in [0, 0.1) is 52.4 Å². The molecule has 14 heteroatoms. The summed E-state index contributed by atoms with van der Waals surface area (Å²) in [4.78, 5) is -2.55. The van der Waals surface area contributed by atoms with E-state index >= 15 is 0 Å². The summed E-state index contributed by atoms with van der Waals surface area (Å²) in [7, 11) is -5.88. The normalized spacial score (nSPS) is 11.5. The van der Waals surface area contributed by atoms with Gasteiger partial charge in [0.2, 0.25) is 5.82 Å². The van der Waals surface area contributed by atoms with Crippen molar-refractivity contribution >= 4 is 36.0 Å². The number of halogens is 9. The maximum absolute atomic E-state index is 13.8. The molecule has 0 bridgehead atoms. The van der Waals surface area contributed by atoms with Crippen LogP contribution >= 0.6 is 0 Å². The van der Waals surface area contributed by atoms with Gasteiger partial charge in [0.05, 0.1) is 11.1 Å². The second-order valence-corrected chi connectivity index (χ2v) is 5.74. The van der Waals surface area contributed by atoms with E-state index < -0.39 is 78.5 Å². The van der Waals surface area contributed by atoms with E-state index in [1.54, 1.807) is 0 Å². The zero-order valence-electron chi connectivity index (χ0n) is 11.1. The standard InChI is InChI=1S/C12HF9O3S.In.3H/c13-3-1(4(14)8(18)9(19)7(3)17)2-5(15)10(20)12(25(22,23)24)11(21)6(2)16;;;;/h(H,22,23,24);;;;. The van der Waals surface area contributed by atoms with Crippen LogP contribution in [-0.4, -0.2) is 38.8 Å². The van der Waals surface area contributed by atoms with Crippen molar-refractivity contribution in [2.24, 2.45) is 0 Å². The Bertz CT molecular complexity index is 966. The first-order valence-corrected chi connectivity index (χ1v) is 7.11. The third kappa shape index (κ3) is 3.29. The number of rotatable bonds is 2. The van der Waals surface area contributed by atoms with Crippen molar-refractivity contribution in [2.45, 2.75) is 4.90 Å². The Morgan fingerprint density at radius 1 is 0.500 bits per heavy atom. The minimum atomic E-state index is -5.88. The molecule has 0 atom stereocenters. The van der Waals surface area contributed by atoms with Gasteiger partial charge in [0.1, 0.15) is 0 Å². The second kappa shape index (κ2) is 7.31. The summed E-state index contributed by atoms with van der Waals surface area (Å²) in [6, 6.07) is 0. The van der Waals surface area contributed by atoms with E-state index in [1.165, 1.54) is 0 Å². The fourth-order valence-electron chi connectivity index (χ4n) is 1.88. The predicted octanol–water partition coefficient (Wildman–Crippen LogP) is 2.67. The van der Waals surface area contributed by atoms with Crippen LogP contribution in [0.25, 0.3) is 11.1 Å². The van der Waals surface area contributed by atoms with Gasteiger partial charge >= 0.3 is 36.0 Å². The number of benzene rings is 2. The van der Waals surface area contributed by atoms with Crippen LogP contribution in [0.2, 0.25) is 0 Å².